The van der Waals surface area contributed by atoms with Gasteiger partial charge < -0.3 is 15.4 Å². The molecule has 0 bridgehead atoms. The summed E-state index contributed by atoms with van der Waals surface area (Å²) in [5.41, 5.74) is 8.27. The van der Waals surface area contributed by atoms with Gasteiger partial charge in [-0.2, -0.15) is 0 Å². The van der Waals surface area contributed by atoms with Gasteiger partial charge in [-0.15, -0.1) is 0 Å². The Morgan fingerprint density at radius 2 is 1.94 bits per heavy atom. The maximum absolute atomic E-state index is 5.80. The molecular weight excluding hydrogens is 224 g/mol. The SMILES string of the molecule is COc1ccc(N(C)CCC(C)N)cc1C(C)C. The number of methoxy groups -OCH3 is 1. The highest BCUT2D eigenvalue weighted by Crippen LogP contribution is 2.30. The molecule has 1 unspecified atom stereocenters. The summed E-state index contributed by atoms with van der Waals surface area (Å²) in [4.78, 5) is 2.24. The molecule has 18 heavy (non-hydrogen) atoms. The van der Waals surface area contributed by atoms with Crippen LogP contribution in [0.5, 0.6) is 5.75 Å². The lowest BCUT2D eigenvalue weighted by molar-refractivity contribution is 0.407. The summed E-state index contributed by atoms with van der Waals surface area (Å²) in [5, 5.41) is 0. The minimum absolute atomic E-state index is 0.246. The molecule has 0 radical (unpaired) electrons. The first-order valence-corrected chi connectivity index (χ1v) is 6.60. The molecule has 1 aromatic carbocycles. The van der Waals surface area contributed by atoms with Crippen molar-refractivity contribution in [1.29, 1.82) is 0 Å². The lowest BCUT2D eigenvalue weighted by atomic mass is 10.0. The van der Waals surface area contributed by atoms with Crippen molar-refractivity contribution in [3.63, 3.8) is 0 Å². The maximum Gasteiger partial charge on any atom is 0.122 e. The van der Waals surface area contributed by atoms with Crippen molar-refractivity contribution in [3.8, 4) is 5.75 Å². The molecule has 0 aliphatic carbocycles. The predicted octanol–water partition coefficient (Wildman–Crippen LogP) is 2.99. The molecule has 0 heterocycles. The Bertz CT molecular complexity index is 375. The van der Waals surface area contributed by atoms with Crippen LogP contribution in [-0.2, 0) is 0 Å². The van der Waals surface area contributed by atoms with E-state index >= 15 is 0 Å². The number of hydrogen-bond acceptors (Lipinski definition) is 3. The van der Waals surface area contributed by atoms with E-state index in [0.717, 1.165) is 18.7 Å². The lowest BCUT2D eigenvalue weighted by Gasteiger charge is -2.22. The minimum Gasteiger partial charge on any atom is -0.496 e. The van der Waals surface area contributed by atoms with E-state index in [4.69, 9.17) is 10.5 Å². The molecule has 0 saturated heterocycles. The van der Waals surface area contributed by atoms with Crippen LogP contribution in [0.1, 0.15) is 38.7 Å². The number of ether oxygens (including phenoxy) is 1. The van der Waals surface area contributed by atoms with Crippen LogP contribution in [-0.4, -0.2) is 26.7 Å². The highest BCUT2D eigenvalue weighted by molar-refractivity contribution is 5.53. The van der Waals surface area contributed by atoms with E-state index in [0.29, 0.717) is 5.92 Å². The van der Waals surface area contributed by atoms with Crippen molar-refractivity contribution >= 4 is 5.69 Å². The number of nitrogens with zero attached hydrogens (tertiary/aromatic N) is 1. The molecule has 0 aromatic heterocycles. The Kier molecular flexibility index (Phi) is 5.48. The molecule has 1 rings (SSSR count). The zero-order chi connectivity index (χ0) is 13.7. The number of rotatable bonds is 6. The van der Waals surface area contributed by atoms with Gasteiger partial charge in [0.1, 0.15) is 5.75 Å². The lowest BCUT2D eigenvalue weighted by Crippen LogP contribution is -2.25. The minimum atomic E-state index is 0.246. The fraction of sp³-hybridized carbons (Fsp3) is 0.600. The topological polar surface area (TPSA) is 38.5 Å². The normalized spacial score (nSPS) is 12.6. The van der Waals surface area contributed by atoms with Crippen LogP contribution >= 0.6 is 0 Å². The molecule has 0 saturated carbocycles. The Balaban J connectivity index is 2.86. The number of nitrogens with two attached hydrogens (primary N) is 1. The molecule has 0 amide bonds. The molecule has 2 N–H and O–H groups in total. The van der Waals surface area contributed by atoms with E-state index in [1.54, 1.807) is 7.11 Å². The van der Waals surface area contributed by atoms with Gasteiger partial charge >= 0.3 is 0 Å². The second kappa shape index (κ2) is 6.64. The molecule has 1 atom stereocenters. The van der Waals surface area contributed by atoms with E-state index in [-0.39, 0.29) is 6.04 Å². The second-order valence-electron chi connectivity index (χ2n) is 5.27. The Hall–Kier alpha value is -1.22. The van der Waals surface area contributed by atoms with Crippen LogP contribution in [0.2, 0.25) is 0 Å². The highest BCUT2D eigenvalue weighted by atomic mass is 16.5. The van der Waals surface area contributed by atoms with E-state index in [1.165, 1.54) is 11.3 Å². The summed E-state index contributed by atoms with van der Waals surface area (Å²) in [5.74, 6) is 1.43. The van der Waals surface area contributed by atoms with Crippen LogP contribution in [0.3, 0.4) is 0 Å². The van der Waals surface area contributed by atoms with Gasteiger partial charge in [-0.05, 0) is 43.0 Å². The number of hydrogen-bond donors (Lipinski definition) is 1. The molecule has 3 heteroatoms. The molecule has 0 fully saturated rings. The van der Waals surface area contributed by atoms with E-state index < -0.39 is 0 Å². The van der Waals surface area contributed by atoms with Gasteiger partial charge in [0, 0.05) is 25.3 Å². The van der Waals surface area contributed by atoms with Crippen molar-refractivity contribution in [2.45, 2.75) is 39.2 Å². The fourth-order valence-electron chi connectivity index (χ4n) is 1.94. The Morgan fingerprint density at radius 3 is 2.44 bits per heavy atom. The smallest absolute Gasteiger partial charge is 0.122 e. The van der Waals surface area contributed by atoms with E-state index in [1.807, 2.05) is 13.0 Å². The first-order chi connectivity index (χ1) is 8.45. The van der Waals surface area contributed by atoms with Crippen LogP contribution in [0.25, 0.3) is 0 Å². The third kappa shape index (κ3) is 3.91. The fourth-order valence-corrected chi connectivity index (χ4v) is 1.94. The standard InChI is InChI=1S/C15H26N2O/c1-11(2)14-10-13(6-7-15(14)18-5)17(4)9-8-12(3)16/h6-7,10-12H,8-9,16H2,1-5H3. The molecular formula is C15H26N2O. The molecule has 0 aliphatic heterocycles. The Morgan fingerprint density at radius 1 is 1.28 bits per heavy atom. The zero-order valence-electron chi connectivity index (χ0n) is 12.2. The predicted molar refractivity (Wildman–Crippen MR) is 78.6 cm³/mol. The van der Waals surface area contributed by atoms with Crippen molar-refractivity contribution < 1.29 is 4.74 Å². The van der Waals surface area contributed by atoms with Crippen molar-refractivity contribution in [2.75, 3.05) is 25.6 Å². The molecule has 102 valence electrons. The Labute approximate surface area is 111 Å². The van der Waals surface area contributed by atoms with Crippen LogP contribution in [0.4, 0.5) is 5.69 Å². The van der Waals surface area contributed by atoms with Gasteiger partial charge in [-0.3, -0.25) is 0 Å². The molecule has 0 aliphatic rings. The van der Waals surface area contributed by atoms with Gasteiger partial charge in [0.25, 0.3) is 0 Å². The van der Waals surface area contributed by atoms with E-state index in [9.17, 15) is 0 Å². The summed E-state index contributed by atoms with van der Waals surface area (Å²) in [6, 6.07) is 6.61. The van der Waals surface area contributed by atoms with Crippen LogP contribution in [0.15, 0.2) is 18.2 Å². The summed E-state index contributed by atoms with van der Waals surface area (Å²) in [6.07, 6.45) is 1.000. The largest absolute Gasteiger partial charge is 0.496 e. The molecule has 1 aromatic rings. The average molecular weight is 250 g/mol. The summed E-state index contributed by atoms with van der Waals surface area (Å²) >= 11 is 0. The second-order valence-corrected chi connectivity index (χ2v) is 5.27. The van der Waals surface area contributed by atoms with Crippen molar-refractivity contribution in [3.05, 3.63) is 23.8 Å². The van der Waals surface area contributed by atoms with Gasteiger partial charge in [0.2, 0.25) is 0 Å². The van der Waals surface area contributed by atoms with E-state index in [2.05, 4.69) is 37.9 Å². The van der Waals surface area contributed by atoms with Gasteiger partial charge in [-0.1, -0.05) is 13.8 Å². The van der Waals surface area contributed by atoms with Crippen molar-refractivity contribution in [1.82, 2.24) is 0 Å². The molecule has 0 spiro atoms. The molecule has 3 nitrogen and oxygen atoms in total. The average Bonchev–Trinajstić information content (AvgIpc) is 2.34. The van der Waals surface area contributed by atoms with Gasteiger partial charge in [0.15, 0.2) is 0 Å². The zero-order valence-corrected chi connectivity index (χ0v) is 12.2. The first kappa shape index (κ1) is 14.8. The van der Waals surface area contributed by atoms with Crippen molar-refractivity contribution in [2.24, 2.45) is 5.73 Å². The number of benzene rings is 1. The first-order valence-electron chi connectivity index (χ1n) is 6.60. The van der Waals surface area contributed by atoms with Crippen LogP contribution < -0.4 is 15.4 Å². The summed E-state index contributed by atoms with van der Waals surface area (Å²) in [6.45, 7) is 7.39. The third-order valence-corrected chi connectivity index (χ3v) is 3.20. The summed E-state index contributed by atoms with van der Waals surface area (Å²) < 4.78 is 5.40. The van der Waals surface area contributed by atoms with Crippen LogP contribution in [0, 0.1) is 0 Å². The third-order valence-electron chi connectivity index (χ3n) is 3.20. The van der Waals surface area contributed by atoms with Gasteiger partial charge in [-0.25, -0.2) is 0 Å². The number of anilines is 1. The highest BCUT2D eigenvalue weighted by Gasteiger charge is 2.10. The maximum atomic E-state index is 5.80. The summed E-state index contributed by atoms with van der Waals surface area (Å²) in [7, 11) is 3.83. The quantitative estimate of drug-likeness (QED) is 0.843. The monoisotopic (exact) mass is 250 g/mol. The van der Waals surface area contributed by atoms with Gasteiger partial charge in [0.05, 0.1) is 7.11 Å².